The maximum atomic E-state index is 13.2. The molecule has 2 aromatic rings. The Balaban J connectivity index is 1.32. The second-order valence-electron chi connectivity index (χ2n) is 8.31. The molecule has 0 saturated carbocycles. The zero-order valence-corrected chi connectivity index (χ0v) is 17.4. The van der Waals surface area contributed by atoms with Gasteiger partial charge < -0.3 is 9.80 Å². The molecule has 1 unspecified atom stereocenters. The minimum absolute atomic E-state index is 0.154. The van der Waals surface area contributed by atoms with Crippen molar-refractivity contribution in [2.45, 2.75) is 12.6 Å². The van der Waals surface area contributed by atoms with Gasteiger partial charge in [-0.25, -0.2) is 0 Å². The number of likely N-dealkylation sites (N-methyl/N-ethyl adjacent to an activating group) is 1. The third-order valence-electron chi connectivity index (χ3n) is 6.16. The van der Waals surface area contributed by atoms with Gasteiger partial charge in [0.1, 0.15) is 0 Å². The van der Waals surface area contributed by atoms with Crippen molar-refractivity contribution >= 4 is 5.91 Å². The lowest BCUT2D eigenvalue weighted by atomic mass is 10.0. The number of hydrogen-bond acceptors (Lipinski definition) is 4. The van der Waals surface area contributed by atoms with Gasteiger partial charge in [-0.05, 0) is 18.2 Å². The highest BCUT2D eigenvalue weighted by atomic mass is 16.2. The molecule has 2 aromatic carbocycles. The van der Waals surface area contributed by atoms with Crippen molar-refractivity contribution in [3.8, 4) is 0 Å². The first-order valence-corrected chi connectivity index (χ1v) is 10.7. The summed E-state index contributed by atoms with van der Waals surface area (Å²) in [6, 6.07) is 21.3. The van der Waals surface area contributed by atoms with Gasteiger partial charge >= 0.3 is 0 Å². The highest BCUT2D eigenvalue weighted by Gasteiger charge is 2.31. The Labute approximate surface area is 174 Å². The fourth-order valence-electron chi connectivity index (χ4n) is 4.41. The summed E-state index contributed by atoms with van der Waals surface area (Å²) < 4.78 is 0. The molecular weight excluding hydrogens is 360 g/mol. The fraction of sp³-hybridized carbons (Fsp3) is 0.458. The van der Waals surface area contributed by atoms with Crippen LogP contribution in [0.25, 0.3) is 0 Å². The van der Waals surface area contributed by atoms with Crippen LogP contribution in [0.3, 0.4) is 0 Å². The molecule has 1 atom stereocenters. The van der Waals surface area contributed by atoms with Gasteiger partial charge in [-0.2, -0.15) is 0 Å². The molecular formula is C24H32N4O. The average Bonchev–Trinajstić information content (AvgIpc) is 2.76. The van der Waals surface area contributed by atoms with Crippen molar-refractivity contribution in [3.05, 3.63) is 71.8 Å². The lowest BCUT2D eigenvalue weighted by Crippen LogP contribution is -2.54. The van der Waals surface area contributed by atoms with Crippen molar-refractivity contribution in [1.82, 2.24) is 19.6 Å². The van der Waals surface area contributed by atoms with E-state index in [9.17, 15) is 4.79 Å². The first kappa shape index (κ1) is 20.1. The minimum Gasteiger partial charge on any atom is -0.332 e. The number of benzene rings is 2. The van der Waals surface area contributed by atoms with E-state index in [4.69, 9.17) is 0 Å². The molecule has 0 spiro atoms. The van der Waals surface area contributed by atoms with Gasteiger partial charge in [0.2, 0.25) is 5.91 Å². The molecule has 0 bridgehead atoms. The Morgan fingerprint density at radius 2 is 1.45 bits per heavy atom. The Kier molecular flexibility index (Phi) is 6.60. The smallest absolute Gasteiger partial charge is 0.237 e. The van der Waals surface area contributed by atoms with Crippen LogP contribution < -0.4 is 0 Å². The molecule has 0 N–H and O–H groups in total. The van der Waals surface area contributed by atoms with E-state index in [2.05, 4.69) is 81.2 Å². The summed E-state index contributed by atoms with van der Waals surface area (Å²) in [6.07, 6.45) is 0. The van der Waals surface area contributed by atoms with E-state index < -0.39 is 0 Å². The number of carbonyl (C=O) groups is 1. The van der Waals surface area contributed by atoms with Crippen molar-refractivity contribution in [2.24, 2.45) is 0 Å². The van der Waals surface area contributed by atoms with Crippen molar-refractivity contribution in [1.29, 1.82) is 0 Å². The van der Waals surface area contributed by atoms with Crippen molar-refractivity contribution in [3.63, 3.8) is 0 Å². The van der Waals surface area contributed by atoms with Gasteiger partial charge in [0, 0.05) is 52.4 Å². The normalized spacial score (nSPS) is 22.0. The van der Waals surface area contributed by atoms with E-state index in [-0.39, 0.29) is 11.9 Å². The highest BCUT2D eigenvalue weighted by molar-refractivity contribution is 5.79. The topological polar surface area (TPSA) is 30.0 Å². The molecule has 0 radical (unpaired) electrons. The van der Waals surface area contributed by atoms with E-state index >= 15 is 0 Å². The summed E-state index contributed by atoms with van der Waals surface area (Å²) in [5.41, 5.74) is 2.60. The van der Waals surface area contributed by atoms with Gasteiger partial charge in [0.15, 0.2) is 0 Å². The van der Waals surface area contributed by atoms with E-state index in [0.29, 0.717) is 6.54 Å². The number of rotatable bonds is 5. The number of carbonyl (C=O) groups excluding carboxylic acids is 1. The van der Waals surface area contributed by atoms with E-state index in [1.54, 1.807) is 0 Å². The third-order valence-corrected chi connectivity index (χ3v) is 6.16. The Bertz CT molecular complexity index is 774. The van der Waals surface area contributed by atoms with Crippen LogP contribution in [0.5, 0.6) is 0 Å². The van der Waals surface area contributed by atoms with Crippen LogP contribution in [0.15, 0.2) is 60.7 Å². The molecule has 2 aliphatic heterocycles. The van der Waals surface area contributed by atoms with Crippen LogP contribution in [0.4, 0.5) is 0 Å². The number of amides is 1. The number of nitrogens with zero attached hydrogens (tertiary/aromatic N) is 4. The summed E-state index contributed by atoms with van der Waals surface area (Å²) in [6.45, 7) is 8.15. The largest absolute Gasteiger partial charge is 0.332 e. The highest BCUT2D eigenvalue weighted by Crippen LogP contribution is 2.25. The summed E-state index contributed by atoms with van der Waals surface area (Å²) in [4.78, 5) is 22.4. The average molecular weight is 393 g/mol. The maximum absolute atomic E-state index is 13.2. The first-order valence-electron chi connectivity index (χ1n) is 10.7. The predicted octanol–water partition coefficient (Wildman–Crippen LogP) is 2.32. The SMILES string of the molecule is CN1CCN(C(=O)CN2CCN(Cc3ccccc3)CC2)C(c2ccccc2)C1. The molecule has 5 nitrogen and oxygen atoms in total. The molecule has 154 valence electrons. The van der Waals surface area contributed by atoms with Gasteiger partial charge in [-0.15, -0.1) is 0 Å². The van der Waals surface area contributed by atoms with Crippen LogP contribution in [0.2, 0.25) is 0 Å². The van der Waals surface area contributed by atoms with Crippen LogP contribution in [0, 0.1) is 0 Å². The van der Waals surface area contributed by atoms with Gasteiger partial charge in [0.25, 0.3) is 0 Å². The standard InChI is InChI=1S/C24H32N4O/c1-25-12-17-28(23(19-25)22-10-6-3-7-11-22)24(29)20-27-15-13-26(14-16-27)18-21-8-4-2-5-9-21/h2-11,23H,12-20H2,1H3. The molecule has 2 aliphatic rings. The van der Waals surface area contributed by atoms with Crippen molar-refractivity contribution in [2.75, 3.05) is 59.4 Å². The lowest BCUT2D eigenvalue weighted by Gasteiger charge is -2.42. The Hall–Kier alpha value is -2.21. The quantitative estimate of drug-likeness (QED) is 0.781. The first-order chi connectivity index (χ1) is 14.2. The summed E-state index contributed by atoms with van der Waals surface area (Å²) >= 11 is 0. The Morgan fingerprint density at radius 3 is 2.14 bits per heavy atom. The molecule has 1 amide bonds. The summed E-state index contributed by atoms with van der Waals surface area (Å²) in [5.74, 6) is 0.267. The van der Waals surface area contributed by atoms with Gasteiger partial charge in [0.05, 0.1) is 12.6 Å². The number of hydrogen-bond donors (Lipinski definition) is 0. The zero-order chi connectivity index (χ0) is 20.1. The Morgan fingerprint density at radius 1 is 0.828 bits per heavy atom. The molecule has 2 fully saturated rings. The zero-order valence-electron chi connectivity index (χ0n) is 17.4. The molecule has 29 heavy (non-hydrogen) atoms. The molecule has 5 heteroatoms. The third kappa shape index (κ3) is 5.24. The lowest BCUT2D eigenvalue weighted by molar-refractivity contribution is -0.137. The van der Waals surface area contributed by atoms with E-state index in [1.165, 1.54) is 11.1 Å². The minimum atomic E-state index is 0.154. The van der Waals surface area contributed by atoms with E-state index in [0.717, 1.165) is 52.4 Å². The molecule has 0 aromatic heterocycles. The molecule has 0 aliphatic carbocycles. The van der Waals surface area contributed by atoms with Crippen LogP contribution in [-0.2, 0) is 11.3 Å². The second-order valence-corrected chi connectivity index (χ2v) is 8.31. The van der Waals surface area contributed by atoms with E-state index in [1.807, 2.05) is 6.07 Å². The van der Waals surface area contributed by atoms with Crippen molar-refractivity contribution < 1.29 is 4.79 Å². The van der Waals surface area contributed by atoms with Crippen LogP contribution in [0.1, 0.15) is 17.2 Å². The fourth-order valence-corrected chi connectivity index (χ4v) is 4.41. The van der Waals surface area contributed by atoms with Crippen LogP contribution in [-0.4, -0.2) is 84.9 Å². The van der Waals surface area contributed by atoms with Gasteiger partial charge in [-0.3, -0.25) is 14.6 Å². The summed E-state index contributed by atoms with van der Waals surface area (Å²) in [7, 11) is 2.14. The second kappa shape index (κ2) is 9.53. The van der Waals surface area contributed by atoms with Gasteiger partial charge in [-0.1, -0.05) is 60.7 Å². The molecule has 4 rings (SSSR count). The molecule has 2 heterocycles. The predicted molar refractivity (Wildman–Crippen MR) is 117 cm³/mol. The number of piperazine rings is 2. The molecule has 2 saturated heterocycles. The summed E-state index contributed by atoms with van der Waals surface area (Å²) in [5, 5.41) is 0. The monoisotopic (exact) mass is 392 g/mol. The maximum Gasteiger partial charge on any atom is 0.237 e. The van der Waals surface area contributed by atoms with Crippen LogP contribution >= 0.6 is 0 Å².